The lowest BCUT2D eigenvalue weighted by atomic mass is 10.1. The third kappa shape index (κ3) is 4.59. The second-order valence-electron chi connectivity index (χ2n) is 7.90. The monoisotopic (exact) mass is 394 g/mol. The van der Waals surface area contributed by atoms with Crippen LogP contribution in [0.5, 0.6) is 5.75 Å². The van der Waals surface area contributed by atoms with Crippen LogP contribution in [0.2, 0.25) is 0 Å². The number of fused-ring (bicyclic) bond motifs is 1. The molecule has 0 atom stereocenters. The molecule has 2 aromatic rings. The van der Waals surface area contributed by atoms with Gasteiger partial charge in [-0.2, -0.15) is 0 Å². The quantitative estimate of drug-likeness (QED) is 0.777. The van der Waals surface area contributed by atoms with Crippen molar-refractivity contribution in [2.45, 2.75) is 26.3 Å². The Bertz CT molecular complexity index is 906. The summed E-state index contributed by atoms with van der Waals surface area (Å²) < 4.78 is 5.58. The van der Waals surface area contributed by atoms with Gasteiger partial charge in [0.05, 0.1) is 38.4 Å². The summed E-state index contributed by atoms with van der Waals surface area (Å²) in [6, 6.07) is 13.3. The standard InChI is InChI=1S/C23H27N3O3/c1-17-7-8-20-21(13-17)29-16-22(27)26(20)15-18-5-4-6-19(14-18)23(28)24-9-12-25-10-2-3-11-25/h4-8,13-14H,2-3,9-12,15-16H2,1H3,(H,24,28)/p+1. The molecule has 0 aromatic heterocycles. The van der Waals surface area contributed by atoms with E-state index in [1.807, 2.05) is 49.4 Å². The Labute approximate surface area is 171 Å². The Morgan fingerprint density at radius 1 is 1.17 bits per heavy atom. The number of likely N-dealkylation sites (tertiary alicyclic amines) is 1. The first-order valence-corrected chi connectivity index (χ1v) is 10.3. The summed E-state index contributed by atoms with van der Waals surface area (Å²) in [5, 5.41) is 3.03. The van der Waals surface area contributed by atoms with E-state index in [4.69, 9.17) is 4.74 Å². The van der Waals surface area contributed by atoms with E-state index in [0.717, 1.165) is 29.1 Å². The lowest BCUT2D eigenvalue weighted by Gasteiger charge is -2.29. The molecule has 1 saturated heterocycles. The summed E-state index contributed by atoms with van der Waals surface area (Å²) in [4.78, 5) is 28.3. The van der Waals surface area contributed by atoms with E-state index >= 15 is 0 Å². The van der Waals surface area contributed by atoms with E-state index in [9.17, 15) is 9.59 Å². The van der Waals surface area contributed by atoms with Crippen LogP contribution in [0.1, 0.15) is 34.3 Å². The van der Waals surface area contributed by atoms with Gasteiger partial charge in [-0.1, -0.05) is 18.2 Å². The van der Waals surface area contributed by atoms with Crippen LogP contribution in [-0.2, 0) is 11.3 Å². The van der Waals surface area contributed by atoms with Crippen molar-refractivity contribution in [3.63, 3.8) is 0 Å². The molecule has 0 spiro atoms. The fourth-order valence-electron chi connectivity index (χ4n) is 4.06. The highest BCUT2D eigenvalue weighted by molar-refractivity contribution is 5.98. The predicted octanol–water partition coefficient (Wildman–Crippen LogP) is 1.33. The Kier molecular flexibility index (Phi) is 5.81. The number of nitrogens with one attached hydrogen (secondary N) is 2. The van der Waals surface area contributed by atoms with Crippen molar-refractivity contribution in [2.24, 2.45) is 0 Å². The molecule has 4 rings (SSSR count). The van der Waals surface area contributed by atoms with Gasteiger partial charge in [0.2, 0.25) is 0 Å². The van der Waals surface area contributed by atoms with Crippen LogP contribution in [0.4, 0.5) is 5.69 Å². The summed E-state index contributed by atoms with van der Waals surface area (Å²) in [5.74, 6) is 0.586. The van der Waals surface area contributed by atoms with E-state index in [-0.39, 0.29) is 18.4 Å². The number of benzene rings is 2. The lowest BCUT2D eigenvalue weighted by Crippen LogP contribution is -3.10. The van der Waals surface area contributed by atoms with E-state index < -0.39 is 0 Å². The van der Waals surface area contributed by atoms with Crippen molar-refractivity contribution >= 4 is 17.5 Å². The number of ether oxygens (including phenoxy) is 1. The molecule has 2 aliphatic heterocycles. The summed E-state index contributed by atoms with van der Waals surface area (Å²) in [5.41, 5.74) is 3.41. The van der Waals surface area contributed by atoms with Crippen molar-refractivity contribution < 1.29 is 19.2 Å². The van der Waals surface area contributed by atoms with Crippen molar-refractivity contribution in [1.29, 1.82) is 0 Å². The van der Waals surface area contributed by atoms with Crippen molar-refractivity contribution in [3.05, 3.63) is 59.2 Å². The minimum absolute atomic E-state index is 0.0372. The highest BCUT2D eigenvalue weighted by Crippen LogP contribution is 2.33. The molecule has 2 N–H and O–H groups in total. The van der Waals surface area contributed by atoms with Crippen molar-refractivity contribution in [2.75, 3.05) is 37.7 Å². The van der Waals surface area contributed by atoms with E-state index in [0.29, 0.717) is 18.7 Å². The van der Waals surface area contributed by atoms with Crippen molar-refractivity contribution in [1.82, 2.24) is 5.32 Å². The number of carbonyl (C=O) groups excluding carboxylic acids is 2. The maximum absolute atomic E-state index is 12.5. The largest absolute Gasteiger partial charge is 0.482 e. The van der Waals surface area contributed by atoms with Gasteiger partial charge in [-0.25, -0.2) is 0 Å². The van der Waals surface area contributed by atoms with Gasteiger partial charge in [0.25, 0.3) is 11.8 Å². The third-order valence-corrected chi connectivity index (χ3v) is 5.66. The summed E-state index contributed by atoms with van der Waals surface area (Å²) in [6.45, 7) is 6.53. The van der Waals surface area contributed by atoms with Crippen LogP contribution < -0.4 is 19.9 Å². The zero-order chi connectivity index (χ0) is 20.2. The average molecular weight is 394 g/mol. The van der Waals surface area contributed by atoms with E-state index in [2.05, 4.69) is 5.32 Å². The van der Waals surface area contributed by atoms with Crippen molar-refractivity contribution in [3.8, 4) is 5.75 Å². The Morgan fingerprint density at radius 3 is 2.83 bits per heavy atom. The van der Waals surface area contributed by atoms with Crippen LogP contribution >= 0.6 is 0 Å². The molecule has 6 heteroatoms. The summed E-state index contributed by atoms with van der Waals surface area (Å²) in [7, 11) is 0. The molecule has 29 heavy (non-hydrogen) atoms. The second-order valence-corrected chi connectivity index (χ2v) is 7.90. The molecule has 1 fully saturated rings. The molecule has 2 heterocycles. The Hall–Kier alpha value is -2.86. The van der Waals surface area contributed by atoms with Gasteiger partial charge in [0.1, 0.15) is 5.75 Å². The minimum Gasteiger partial charge on any atom is -0.482 e. The molecule has 2 amide bonds. The average Bonchev–Trinajstić information content (AvgIpc) is 3.24. The number of aryl methyl sites for hydroxylation is 1. The number of rotatable bonds is 6. The lowest BCUT2D eigenvalue weighted by molar-refractivity contribution is -0.886. The zero-order valence-electron chi connectivity index (χ0n) is 16.9. The fourth-order valence-corrected chi connectivity index (χ4v) is 4.06. The summed E-state index contributed by atoms with van der Waals surface area (Å²) in [6.07, 6.45) is 2.57. The van der Waals surface area contributed by atoms with Crippen LogP contribution in [0.15, 0.2) is 42.5 Å². The minimum atomic E-state index is -0.0789. The fraction of sp³-hybridized carbons (Fsp3) is 0.391. The highest BCUT2D eigenvalue weighted by atomic mass is 16.5. The van der Waals surface area contributed by atoms with Gasteiger partial charge >= 0.3 is 0 Å². The van der Waals surface area contributed by atoms with Gasteiger partial charge in [-0.3, -0.25) is 9.59 Å². The molecular formula is C23H28N3O3+. The summed E-state index contributed by atoms with van der Waals surface area (Å²) >= 11 is 0. The normalized spacial score (nSPS) is 16.4. The number of quaternary nitrogens is 1. The maximum Gasteiger partial charge on any atom is 0.265 e. The Balaban J connectivity index is 1.42. The van der Waals surface area contributed by atoms with Crippen LogP contribution in [0, 0.1) is 6.92 Å². The number of carbonyl (C=O) groups is 2. The van der Waals surface area contributed by atoms with Crippen LogP contribution in [-0.4, -0.2) is 44.6 Å². The van der Waals surface area contributed by atoms with Crippen LogP contribution in [0.25, 0.3) is 0 Å². The SMILES string of the molecule is Cc1ccc2c(c1)OCC(=O)N2Cc1cccc(C(=O)NCC[NH+]2CCCC2)c1. The topological polar surface area (TPSA) is 63.1 Å². The molecule has 2 aliphatic rings. The second kappa shape index (κ2) is 8.66. The first kappa shape index (κ1) is 19.5. The number of nitrogens with zero attached hydrogens (tertiary/aromatic N) is 1. The smallest absolute Gasteiger partial charge is 0.265 e. The molecule has 152 valence electrons. The number of hydrogen-bond donors (Lipinski definition) is 2. The highest BCUT2D eigenvalue weighted by Gasteiger charge is 2.25. The van der Waals surface area contributed by atoms with Gasteiger partial charge in [0.15, 0.2) is 6.61 Å². The molecule has 6 nitrogen and oxygen atoms in total. The molecule has 0 radical (unpaired) electrons. The molecule has 2 aromatic carbocycles. The van der Waals surface area contributed by atoms with Gasteiger partial charge in [-0.05, 0) is 42.3 Å². The van der Waals surface area contributed by atoms with Gasteiger partial charge in [0, 0.05) is 18.4 Å². The van der Waals surface area contributed by atoms with Crippen LogP contribution in [0.3, 0.4) is 0 Å². The zero-order valence-corrected chi connectivity index (χ0v) is 16.9. The van der Waals surface area contributed by atoms with Gasteiger partial charge < -0.3 is 19.9 Å². The number of amides is 2. The van der Waals surface area contributed by atoms with E-state index in [1.165, 1.54) is 25.9 Å². The number of anilines is 1. The third-order valence-electron chi connectivity index (χ3n) is 5.66. The first-order chi connectivity index (χ1) is 14.1. The van der Waals surface area contributed by atoms with E-state index in [1.54, 1.807) is 9.80 Å². The molecule has 0 unspecified atom stereocenters. The number of hydrogen-bond acceptors (Lipinski definition) is 3. The Morgan fingerprint density at radius 2 is 2.00 bits per heavy atom. The van der Waals surface area contributed by atoms with Gasteiger partial charge in [-0.15, -0.1) is 0 Å². The molecule has 0 saturated carbocycles. The molecule has 0 bridgehead atoms. The first-order valence-electron chi connectivity index (χ1n) is 10.3. The maximum atomic E-state index is 12.5. The molecular weight excluding hydrogens is 366 g/mol. The predicted molar refractivity (Wildman–Crippen MR) is 111 cm³/mol. The molecule has 0 aliphatic carbocycles.